The molecule has 1 aromatic heterocycles. The fourth-order valence-electron chi connectivity index (χ4n) is 7.50. The van der Waals surface area contributed by atoms with E-state index >= 15 is 0 Å². The lowest BCUT2D eigenvalue weighted by atomic mass is 9.98. The molecule has 0 aliphatic carbocycles. The largest absolute Gasteiger partial charge is 0.475 e. The van der Waals surface area contributed by atoms with E-state index in [1.54, 1.807) is 33.3 Å². The highest BCUT2D eigenvalue weighted by Crippen LogP contribution is 2.45. The molecule has 3 rings (SSSR count). The molecule has 2 heterocycles. The molecule has 0 radical (unpaired) electrons. The summed E-state index contributed by atoms with van der Waals surface area (Å²) in [5, 5.41) is 10.5. The number of nitrogens with two attached hydrogens (primary N) is 1. The number of nitrogens with one attached hydrogen (secondary N) is 4. The number of phosphoric acid groups is 1. The Morgan fingerprint density at radius 1 is 0.881 bits per heavy atom. The first kappa shape index (κ1) is 56.2. The summed E-state index contributed by atoms with van der Waals surface area (Å²) >= 11 is 0. The van der Waals surface area contributed by atoms with Crippen molar-refractivity contribution in [1.82, 2.24) is 35.7 Å². The molecule has 0 spiro atoms. The zero-order valence-electron chi connectivity index (χ0n) is 40.3. The molecule has 67 heavy (non-hydrogen) atoms. The van der Waals surface area contributed by atoms with Crippen molar-refractivity contribution < 1.29 is 56.8 Å². The van der Waals surface area contributed by atoms with Crippen molar-refractivity contribution in [2.24, 2.45) is 17.1 Å². The molecule has 374 valence electrons. The quantitative estimate of drug-likeness (QED) is 0.0308. The Kier molecular flexibility index (Phi) is 22.6. The first-order chi connectivity index (χ1) is 31.5. The number of ether oxygens (including phenoxy) is 1. The first-order valence-corrected chi connectivity index (χ1v) is 24.6. The minimum atomic E-state index is -4.96. The highest BCUT2D eigenvalue weighted by Gasteiger charge is 2.38. The maximum Gasteiger partial charge on any atom is 0.475 e. The van der Waals surface area contributed by atoms with Crippen LogP contribution in [0.25, 0.3) is 0 Å². The van der Waals surface area contributed by atoms with Crippen LogP contribution in [0.3, 0.4) is 0 Å². The third-order valence-electron chi connectivity index (χ3n) is 11.2. The van der Waals surface area contributed by atoms with Crippen LogP contribution in [0.4, 0.5) is 0 Å². The van der Waals surface area contributed by atoms with E-state index in [1.165, 1.54) is 31.2 Å². The number of carbonyl (C=O) groups excluding carboxylic acids is 7. The van der Waals surface area contributed by atoms with Crippen LogP contribution in [0, 0.1) is 11.3 Å². The fourth-order valence-corrected chi connectivity index (χ4v) is 8.29. The van der Waals surface area contributed by atoms with E-state index in [9.17, 15) is 43.0 Å². The van der Waals surface area contributed by atoms with Gasteiger partial charge in [-0.1, -0.05) is 69.9 Å². The lowest BCUT2D eigenvalue weighted by Gasteiger charge is -2.28. The summed E-state index contributed by atoms with van der Waals surface area (Å²) < 4.78 is 29.1. The van der Waals surface area contributed by atoms with Crippen molar-refractivity contribution in [3.63, 3.8) is 0 Å². The lowest BCUT2D eigenvalue weighted by Crippen LogP contribution is -2.59. The van der Waals surface area contributed by atoms with Crippen molar-refractivity contribution in [1.29, 1.82) is 0 Å². The number of likely N-dealkylation sites (tertiary alicyclic amines) is 1. The van der Waals surface area contributed by atoms with Crippen molar-refractivity contribution in [3.8, 4) is 0 Å². The van der Waals surface area contributed by atoms with Crippen LogP contribution < -0.4 is 27.0 Å². The van der Waals surface area contributed by atoms with E-state index < -0.39 is 91.8 Å². The van der Waals surface area contributed by atoms with Crippen LogP contribution in [0.1, 0.15) is 124 Å². The van der Waals surface area contributed by atoms with Crippen LogP contribution in [0.2, 0.25) is 0 Å². The Bertz CT molecular complexity index is 2010. The summed E-state index contributed by atoms with van der Waals surface area (Å²) in [6.45, 7) is 12.4. The maximum atomic E-state index is 14.1. The number of phosphoric ester groups is 1. The van der Waals surface area contributed by atoms with E-state index in [0.29, 0.717) is 31.6 Å². The molecular weight excluding hydrogens is 888 g/mol. The van der Waals surface area contributed by atoms with Crippen LogP contribution in [0.15, 0.2) is 42.9 Å². The normalized spacial score (nSPS) is 17.0. The monoisotopic (exact) mass is 961 g/mol. The number of nitrogens with zero attached hydrogens (tertiary/aromatic N) is 3. The number of primary amides is 1. The van der Waals surface area contributed by atoms with Crippen molar-refractivity contribution in [3.05, 3.63) is 54.1 Å². The Hall–Kier alpha value is -5.17. The highest BCUT2D eigenvalue weighted by atomic mass is 31.2. The van der Waals surface area contributed by atoms with Gasteiger partial charge in [-0.05, 0) is 84.6 Å². The van der Waals surface area contributed by atoms with E-state index in [4.69, 9.17) is 19.5 Å². The van der Waals surface area contributed by atoms with Crippen LogP contribution in [-0.4, -0.2) is 110 Å². The number of carbonyl (C=O) groups is 7. The summed E-state index contributed by atoms with van der Waals surface area (Å²) in [6.07, 6.45) is 10.2. The summed E-state index contributed by atoms with van der Waals surface area (Å²) in [5.74, 6) is -5.05. The van der Waals surface area contributed by atoms with E-state index in [0.717, 1.165) is 44.9 Å². The third-order valence-corrected chi connectivity index (χ3v) is 12.3. The average molecular weight is 961 g/mol. The van der Waals surface area contributed by atoms with Gasteiger partial charge in [-0.2, -0.15) is 0 Å². The van der Waals surface area contributed by atoms with Gasteiger partial charge in [-0.25, -0.2) is 14.1 Å². The second-order valence-corrected chi connectivity index (χ2v) is 20.0. The zero-order chi connectivity index (χ0) is 49.9. The van der Waals surface area contributed by atoms with Gasteiger partial charge in [0.1, 0.15) is 30.2 Å². The minimum absolute atomic E-state index is 0.0554. The van der Waals surface area contributed by atoms with Crippen molar-refractivity contribution >= 4 is 49.2 Å². The van der Waals surface area contributed by atoms with Gasteiger partial charge in [0.05, 0.1) is 17.8 Å². The van der Waals surface area contributed by atoms with Crippen LogP contribution >= 0.6 is 7.82 Å². The molecule has 21 heteroatoms. The molecule has 1 aliphatic rings. The molecule has 6 amide bonds. The molecule has 7 N–H and O–H groups in total. The number of hydrogen-bond donors (Lipinski definition) is 6. The molecule has 0 saturated carbocycles. The Morgan fingerprint density at radius 3 is 2.15 bits per heavy atom. The fraction of sp³-hybridized carbons (Fsp3) is 0.652. The molecule has 2 aromatic rings. The average Bonchev–Trinajstić information content (AvgIpc) is 3.93. The molecule has 1 aliphatic heterocycles. The van der Waals surface area contributed by atoms with Crippen molar-refractivity contribution in [2.45, 2.75) is 169 Å². The number of esters is 1. The van der Waals surface area contributed by atoms with Gasteiger partial charge in [-0.3, -0.25) is 38.1 Å². The molecule has 1 aromatic carbocycles. The second kappa shape index (κ2) is 27.0. The van der Waals surface area contributed by atoms with Gasteiger partial charge < -0.3 is 46.1 Å². The molecule has 0 bridgehead atoms. The molecule has 20 nitrogen and oxygen atoms in total. The van der Waals surface area contributed by atoms with Crippen molar-refractivity contribution in [2.75, 3.05) is 13.3 Å². The number of aromatic nitrogens is 2. The van der Waals surface area contributed by atoms with Gasteiger partial charge in [-0.15, -0.1) is 0 Å². The molecule has 1 saturated heterocycles. The number of unbranched alkanes of at least 4 members (excludes halogenated alkanes) is 5. The van der Waals surface area contributed by atoms with Gasteiger partial charge in [0.2, 0.25) is 42.2 Å². The zero-order valence-corrected chi connectivity index (χ0v) is 41.2. The van der Waals surface area contributed by atoms with Crippen LogP contribution in [-0.2, 0) is 71.3 Å². The SMILES string of the molecule is CC(=O)N1CCC[C@H]1C(=O)N[C@@H](CC(C)C)C(=O)N[C@@H](Cc1cncn1CCCCCCCCc1ccccc1)C(=O)N[C@@H](C)C(=O)N[C@H](C(N)=O)[C@@H](C)OP(=O)(O)OCOC(=O)C(C)(C)C. The molecular formula is C46H73N8O12P. The number of amides is 6. The summed E-state index contributed by atoms with van der Waals surface area (Å²) in [6, 6.07) is 4.21. The molecule has 1 fully saturated rings. The minimum Gasteiger partial charge on any atom is -0.437 e. The number of rotatable bonds is 28. The van der Waals surface area contributed by atoms with Gasteiger partial charge in [0.25, 0.3) is 0 Å². The second-order valence-electron chi connectivity index (χ2n) is 18.6. The number of hydrogen-bond acceptors (Lipinski definition) is 12. The predicted molar refractivity (Wildman–Crippen MR) is 248 cm³/mol. The van der Waals surface area contributed by atoms with E-state index in [1.807, 2.05) is 36.6 Å². The Labute approximate surface area is 394 Å². The maximum absolute atomic E-state index is 14.1. The molecule has 7 atom stereocenters. The Morgan fingerprint density at radius 2 is 1.52 bits per heavy atom. The molecule has 1 unspecified atom stereocenters. The number of benzene rings is 1. The Balaban J connectivity index is 1.73. The first-order valence-electron chi connectivity index (χ1n) is 23.1. The topological polar surface area (TPSA) is 280 Å². The standard InChI is InChI=1S/C46H73N8O12P/c1-30(2)25-36(51-44(60)38-22-18-24-54(38)33(5)55)43(59)50-37(26-35-27-48-28-53(35)23-17-12-10-9-11-14-19-34-20-15-13-16-21-34)42(58)49-31(3)41(57)52-39(40(47)56)32(4)66-67(62,63)65-29-64-45(61)46(6,7)8/h13,15-16,20-21,27-28,30-32,36-39H,9-12,14,17-19,22-26,29H2,1-8H3,(H2,47,56)(H,49,58)(H,50,59)(H,51,60)(H,52,57)(H,62,63)/t31-,32+,36-,37-,38-,39-/m0/s1. The summed E-state index contributed by atoms with van der Waals surface area (Å²) in [7, 11) is -4.96. The number of imidazole rings is 1. The highest BCUT2D eigenvalue weighted by molar-refractivity contribution is 7.47. The van der Waals surface area contributed by atoms with Gasteiger partial charge in [0, 0.05) is 38.3 Å². The van der Waals surface area contributed by atoms with E-state index in [-0.39, 0.29) is 24.7 Å². The third kappa shape index (κ3) is 19.5. The smallest absolute Gasteiger partial charge is 0.437 e. The predicted octanol–water partition coefficient (Wildman–Crippen LogP) is 3.58. The van der Waals surface area contributed by atoms with Gasteiger partial charge >= 0.3 is 13.8 Å². The summed E-state index contributed by atoms with van der Waals surface area (Å²) in [5.41, 5.74) is 6.56. The van der Waals surface area contributed by atoms with E-state index in [2.05, 4.69) is 38.4 Å². The van der Waals surface area contributed by atoms with Crippen LogP contribution in [0.5, 0.6) is 0 Å². The van der Waals surface area contributed by atoms with Gasteiger partial charge in [0.15, 0.2) is 0 Å². The summed E-state index contributed by atoms with van der Waals surface area (Å²) in [4.78, 5) is 108. The number of aryl methyl sites for hydroxylation is 2. The lowest BCUT2D eigenvalue weighted by molar-refractivity contribution is -0.160.